The second-order valence-electron chi connectivity index (χ2n) is 3.72. The highest BCUT2D eigenvalue weighted by molar-refractivity contribution is 6.33. The lowest BCUT2D eigenvalue weighted by molar-refractivity contribution is -0.143. The average Bonchev–Trinajstić information content (AvgIpc) is 2.39. The third kappa shape index (κ3) is 3.72. The summed E-state index contributed by atoms with van der Waals surface area (Å²) >= 11 is 5.70. The van der Waals surface area contributed by atoms with Gasteiger partial charge in [0.1, 0.15) is 5.69 Å². The number of rotatable bonds is 5. The van der Waals surface area contributed by atoms with Crippen LogP contribution in [0.3, 0.4) is 0 Å². The van der Waals surface area contributed by atoms with Crippen LogP contribution in [0.5, 0.6) is 0 Å². The molecule has 9 nitrogen and oxygen atoms in total. The van der Waals surface area contributed by atoms with Crippen molar-refractivity contribution in [3.05, 3.63) is 33.1 Å². The Morgan fingerprint density at radius 2 is 2.10 bits per heavy atom. The summed E-state index contributed by atoms with van der Waals surface area (Å²) in [7, 11) is 0. The normalized spacial score (nSPS) is 11.5. The summed E-state index contributed by atoms with van der Waals surface area (Å²) in [6, 6.07) is 3.30. The Morgan fingerprint density at radius 1 is 1.48 bits per heavy atom. The van der Waals surface area contributed by atoms with Gasteiger partial charge in [-0.2, -0.15) is 5.26 Å². The van der Waals surface area contributed by atoms with E-state index in [0.29, 0.717) is 0 Å². The molecule has 0 saturated heterocycles. The van der Waals surface area contributed by atoms with Crippen LogP contribution in [0, 0.1) is 21.7 Å². The van der Waals surface area contributed by atoms with E-state index in [4.69, 9.17) is 27.3 Å². The van der Waals surface area contributed by atoms with E-state index in [0.717, 1.165) is 12.1 Å². The molecule has 1 aromatic carbocycles. The van der Waals surface area contributed by atoms with Gasteiger partial charge in [0, 0.05) is 11.3 Å². The second-order valence-corrected chi connectivity index (χ2v) is 4.13. The van der Waals surface area contributed by atoms with Gasteiger partial charge in [0.25, 0.3) is 0 Å². The van der Waals surface area contributed by atoms with Crippen molar-refractivity contribution in [3.63, 3.8) is 0 Å². The highest BCUT2D eigenvalue weighted by Crippen LogP contribution is 2.36. The first-order valence-corrected chi connectivity index (χ1v) is 5.93. The van der Waals surface area contributed by atoms with Gasteiger partial charge >= 0.3 is 5.97 Å². The van der Waals surface area contributed by atoms with Gasteiger partial charge < -0.3 is 20.4 Å². The number of carbonyl (C=O) groups excluding carboxylic acids is 1. The van der Waals surface area contributed by atoms with Crippen LogP contribution in [-0.2, 0) is 9.53 Å². The fourth-order valence-corrected chi connectivity index (χ4v) is 1.83. The minimum absolute atomic E-state index is 0.00895. The summed E-state index contributed by atoms with van der Waals surface area (Å²) in [5.74, 6) is -2.45. The molecule has 0 aliphatic heterocycles. The molecule has 1 unspecified atom stereocenters. The molecule has 0 amide bonds. The fraction of sp³-hybridized carbons (Fsp3) is 0.273. The maximum Gasteiger partial charge on any atom is 0.327 e. The Kier molecular flexibility index (Phi) is 5.71. The largest absolute Gasteiger partial charge is 0.769 e. The number of nitrogens with zero attached hydrogens (tertiary/aromatic N) is 3. The molecule has 0 spiro atoms. The lowest BCUT2D eigenvalue weighted by Gasteiger charge is -2.38. The van der Waals surface area contributed by atoms with Gasteiger partial charge in [-0.1, -0.05) is 11.6 Å². The van der Waals surface area contributed by atoms with Gasteiger partial charge in [0.2, 0.25) is 0 Å². The van der Waals surface area contributed by atoms with Gasteiger partial charge in [-0.15, -0.1) is 5.23 Å². The van der Waals surface area contributed by atoms with Crippen molar-refractivity contribution < 1.29 is 19.9 Å². The quantitative estimate of drug-likeness (QED) is 0.614. The maximum atomic E-state index is 11.7. The predicted octanol–water partition coefficient (Wildman–Crippen LogP) is 1.90. The number of anilines is 2. The van der Waals surface area contributed by atoms with E-state index in [9.17, 15) is 15.2 Å². The standard InChI is InChI=1S/C11H10ClN3O6/c1-2-21-11(16)7(5-13)6-3-8(12)10(15(19)20)4-9(6)14(17)18/h3-4,7,17-18H,2H2,1H3/q-2. The third-order valence-electron chi connectivity index (χ3n) is 2.47. The Labute approximate surface area is 124 Å². The summed E-state index contributed by atoms with van der Waals surface area (Å²) in [6.45, 7) is 1.54. The molecule has 21 heavy (non-hydrogen) atoms. The maximum absolute atomic E-state index is 11.7. The van der Waals surface area contributed by atoms with Crippen LogP contribution < -0.4 is 10.5 Å². The van der Waals surface area contributed by atoms with Crippen molar-refractivity contribution in [2.75, 3.05) is 17.1 Å². The van der Waals surface area contributed by atoms with E-state index >= 15 is 0 Å². The summed E-state index contributed by atoms with van der Waals surface area (Å²) in [6.07, 6.45) is 0. The molecule has 0 heterocycles. The lowest BCUT2D eigenvalue weighted by Crippen LogP contribution is -2.20. The number of nitriles is 1. The molecule has 0 bridgehead atoms. The lowest BCUT2D eigenvalue weighted by atomic mass is 9.98. The number of carbonyl (C=O) groups is 1. The average molecular weight is 316 g/mol. The fourth-order valence-electron chi connectivity index (χ4n) is 1.59. The Bertz CT molecular complexity index is 572. The zero-order chi connectivity index (χ0) is 16.2. The van der Waals surface area contributed by atoms with Crippen molar-refractivity contribution in [1.29, 1.82) is 5.26 Å². The van der Waals surface area contributed by atoms with Crippen molar-refractivity contribution >= 4 is 28.9 Å². The zero-order valence-electron chi connectivity index (χ0n) is 10.7. The number of hydrogen-bond acceptors (Lipinski definition) is 9. The summed E-state index contributed by atoms with van der Waals surface area (Å²) in [5, 5.41) is 47.2. The van der Waals surface area contributed by atoms with Crippen LogP contribution in [0.1, 0.15) is 18.4 Å². The van der Waals surface area contributed by atoms with Crippen molar-refractivity contribution in [1.82, 2.24) is 0 Å². The first kappa shape index (κ1) is 17.0. The van der Waals surface area contributed by atoms with Crippen molar-refractivity contribution in [2.45, 2.75) is 12.8 Å². The smallest absolute Gasteiger partial charge is 0.327 e. The topological polar surface area (TPSA) is 143 Å². The Morgan fingerprint density at radius 3 is 2.52 bits per heavy atom. The minimum atomic E-state index is -1.51. The summed E-state index contributed by atoms with van der Waals surface area (Å²) in [4.78, 5) is 11.7. The molecule has 1 aromatic rings. The minimum Gasteiger partial charge on any atom is -0.769 e. The Hall–Kier alpha value is -2.09. The molecule has 0 aromatic heterocycles. The van der Waals surface area contributed by atoms with Crippen LogP contribution in [0.4, 0.5) is 11.4 Å². The van der Waals surface area contributed by atoms with E-state index in [-0.39, 0.29) is 17.2 Å². The molecule has 2 N–H and O–H groups in total. The monoisotopic (exact) mass is 315 g/mol. The van der Waals surface area contributed by atoms with Crippen LogP contribution in [0.25, 0.3) is 0 Å². The molecule has 114 valence electrons. The third-order valence-corrected chi connectivity index (χ3v) is 2.77. The Balaban J connectivity index is 3.43. The van der Waals surface area contributed by atoms with Crippen molar-refractivity contribution in [2.24, 2.45) is 0 Å². The number of hydrogen-bond donors (Lipinski definition) is 2. The molecule has 10 heteroatoms. The molecule has 1 atom stereocenters. The van der Waals surface area contributed by atoms with Gasteiger partial charge in [0.15, 0.2) is 5.92 Å². The molecule has 0 aliphatic carbocycles. The second kappa shape index (κ2) is 7.07. The van der Waals surface area contributed by atoms with Crippen LogP contribution in [0.2, 0.25) is 5.02 Å². The SMILES string of the molecule is CCOC(=O)C(C#N)c1cc(Cl)c(N([O-])[O-])cc1N(O)O. The molecule has 0 aliphatic rings. The predicted molar refractivity (Wildman–Crippen MR) is 71.7 cm³/mol. The van der Waals surface area contributed by atoms with Gasteiger partial charge in [-0.3, -0.25) is 15.2 Å². The molecule has 1 rings (SSSR count). The molecule has 0 fully saturated rings. The van der Waals surface area contributed by atoms with E-state index in [1.165, 1.54) is 6.92 Å². The van der Waals surface area contributed by atoms with Crippen LogP contribution >= 0.6 is 11.6 Å². The van der Waals surface area contributed by atoms with E-state index in [2.05, 4.69) is 4.74 Å². The zero-order valence-corrected chi connectivity index (χ0v) is 11.4. The number of halogens is 1. The van der Waals surface area contributed by atoms with Gasteiger partial charge in [-0.25, -0.2) is 0 Å². The molecular weight excluding hydrogens is 306 g/mol. The van der Waals surface area contributed by atoms with E-state index in [1.54, 1.807) is 6.07 Å². The van der Waals surface area contributed by atoms with E-state index in [1.807, 2.05) is 0 Å². The highest BCUT2D eigenvalue weighted by Gasteiger charge is 2.27. The summed E-state index contributed by atoms with van der Waals surface area (Å²) < 4.78 is 4.68. The van der Waals surface area contributed by atoms with E-state index < -0.39 is 33.7 Å². The first-order valence-electron chi connectivity index (χ1n) is 5.55. The summed E-state index contributed by atoms with van der Waals surface area (Å²) in [5.41, 5.74) is -1.36. The van der Waals surface area contributed by atoms with Gasteiger partial charge in [0.05, 0.1) is 17.7 Å². The van der Waals surface area contributed by atoms with Crippen LogP contribution in [0.15, 0.2) is 12.1 Å². The number of benzene rings is 1. The number of ether oxygens (including phenoxy) is 1. The van der Waals surface area contributed by atoms with Crippen molar-refractivity contribution in [3.8, 4) is 6.07 Å². The molecule has 0 saturated carbocycles. The first-order chi connectivity index (χ1) is 9.83. The highest BCUT2D eigenvalue weighted by atomic mass is 35.5. The number of esters is 1. The van der Waals surface area contributed by atoms with Crippen LogP contribution in [-0.4, -0.2) is 23.0 Å². The molecular formula is C11H10ClN3O6-2. The van der Waals surface area contributed by atoms with Gasteiger partial charge in [-0.05, 0) is 19.1 Å². The molecule has 0 radical (unpaired) electrons.